The van der Waals surface area contributed by atoms with Gasteiger partial charge in [-0.1, -0.05) is 49.3 Å². The number of esters is 1. The number of ether oxygens (including phenoxy) is 1. The van der Waals surface area contributed by atoms with Crippen molar-refractivity contribution in [2.45, 2.75) is 52.1 Å². The van der Waals surface area contributed by atoms with Gasteiger partial charge in [0.05, 0.1) is 23.6 Å². The fraction of sp³-hybridized carbons (Fsp3) is 0.296. The number of benzene rings is 2. The average molecular weight is 456 g/mol. The zero-order valence-corrected chi connectivity index (χ0v) is 21.0. The Kier molecular flexibility index (Phi) is 6.34. The van der Waals surface area contributed by atoms with Crippen LogP contribution in [0.4, 0.5) is 0 Å². The standard InChI is InChI=1S/C27H29N3O2Si/c1-27(2,3)32-26(31)25-23-17-28-24(20-11-7-6-8-12-20)21-16-19(10-9-15-33(4)5)13-14-22(21)30(23)18-29-25/h6-8,11-14,16,18,33H,15,17H2,1-5H3. The number of carbonyl (C=O) groups is 1. The van der Waals surface area contributed by atoms with Crippen molar-refractivity contribution < 1.29 is 9.53 Å². The highest BCUT2D eigenvalue weighted by molar-refractivity contribution is 6.56. The highest BCUT2D eigenvalue weighted by Crippen LogP contribution is 2.28. The summed E-state index contributed by atoms with van der Waals surface area (Å²) in [6, 6.07) is 17.3. The molecular formula is C27H29N3O2Si. The molecule has 0 atom stereocenters. The van der Waals surface area contributed by atoms with Gasteiger partial charge >= 0.3 is 5.97 Å². The number of aromatic nitrogens is 2. The van der Waals surface area contributed by atoms with E-state index in [0.717, 1.165) is 39.8 Å². The van der Waals surface area contributed by atoms with E-state index in [0.29, 0.717) is 12.2 Å². The van der Waals surface area contributed by atoms with Crippen LogP contribution in [0.25, 0.3) is 5.69 Å². The Hall–Kier alpha value is -3.43. The number of carbonyl (C=O) groups excluding carboxylic acids is 1. The largest absolute Gasteiger partial charge is 0.455 e. The van der Waals surface area contributed by atoms with Crippen LogP contribution in [0.2, 0.25) is 19.1 Å². The van der Waals surface area contributed by atoms with E-state index in [1.165, 1.54) is 0 Å². The second-order valence-electron chi connectivity index (χ2n) is 9.57. The molecule has 0 radical (unpaired) electrons. The molecule has 6 heteroatoms. The molecule has 1 aliphatic heterocycles. The molecule has 0 amide bonds. The van der Waals surface area contributed by atoms with Crippen LogP contribution in [0.5, 0.6) is 0 Å². The van der Waals surface area contributed by atoms with Crippen molar-refractivity contribution in [3.05, 3.63) is 82.9 Å². The van der Waals surface area contributed by atoms with E-state index in [2.05, 4.69) is 48.1 Å². The molecule has 0 fully saturated rings. The van der Waals surface area contributed by atoms with Crippen LogP contribution in [0.1, 0.15) is 53.6 Å². The quantitative estimate of drug-likeness (QED) is 0.317. The van der Waals surface area contributed by atoms with Gasteiger partial charge in [-0.25, -0.2) is 9.78 Å². The minimum atomic E-state index is -0.726. The van der Waals surface area contributed by atoms with Gasteiger partial charge in [0.2, 0.25) is 0 Å². The first kappa shape index (κ1) is 22.7. The topological polar surface area (TPSA) is 56.5 Å². The van der Waals surface area contributed by atoms with Crippen molar-refractivity contribution in [2.75, 3.05) is 0 Å². The van der Waals surface area contributed by atoms with Crippen LogP contribution in [0.15, 0.2) is 59.9 Å². The lowest BCUT2D eigenvalue weighted by Gasteiger charge is -2.19. The molecule has 0 saturated heterocycles. The fourth-order valence-corrected chi connectivity index (χ4v) is 4.19. The average Bonchev–Trinajstić information content (AvgIpc) is 3.10. The first-order valence-corrected chi connectivity index (χ1v) is 14.4. The van der Waals surface area contributed by atoms with E-state index >= 15 is 0 Å². The Balaban J connectivity index is 1.84. The number of rotatable bonds is 3. The summed E-state index contributed by atoms with van der Waals surface area (Å²) >= 11 is 0. The highest BCUT2D eigenvalue weighted by Gasteiger charge is 2.27. The lowest BCUT2D eigenvalue weighted by molar-refractivity contribution is 0.00621. The molecule has 4 rings (SSSR count). The van der Waals surface area contributed by atoms with Gasteiger partial charge in [-0.05, 0) is 39.0 Å². The lowest BCUT2D eigenvalue weighted by atomic mass is 9.98. The van der Waals surface area contributed by atoms with Crippen LogP contribution < -0.4 is 0 Å². The Morgan fingerprint density at radius 1 is 1.15 bits per heavy atom. The molecule has 0 aliphatic carbocycles. The molecule has 0 N–H and O–H groups in total. The zero-order valence-electron chi connectivity index (χ0n) is 19.8. The molecule has 0 spiro atoms. The maximum Gasteiger partial charge on any atom is 0.359 e. The van der Waals surface area contributed by atoms with Crippen LogP contribution in [0, 0.1) is 11.8 Å². The summed E-state index contributed by atoms with van der Waals surface area (Å²) < 4.78 is 7.54. The summed E-state index contributed by atoms with van der Waals surface area (Å²) in [5.74, 6) is 6.22. The van der Waals surface area contributed by atoms with Gasteiger partial charge in [0.25, 0.3) is 0 Å². The minimum absolute atomic E-state index is 0.305. The first-order valence-electron chi connectivity index (χ1n) is 11.3. The van der Waals surface area contributed by atoms with Crippen molar-refractivity contribution in [1.82, 2.24) is 9.55 Å². The van der Waals surface area contributed by atoms with Gasteiger partial charge < -0.3 is 4.74 Å². The third-order valence-electron chi connectivity index (χ3n) is 5.15. The molecule has 0 unspecified atom stereocenters. The fourth-order valence-electron chi connectivity index (χ4n) is 3.68. The number of hydrogen-bond donors (Lipinski definition) is 0. The third kappa shape index (κ3) is 5.15. The van der Waals surface area contributed by atoms with E-state index in [1.54, 1.807) is 6.33 Å². The number of fused-ring (bicyclic) bond motifs is 3. The van der Waals surface area contributed by atoms with Crippen LogP contribution >= 0.6 is 0 Å². The summed E-state index contributed by atoms with van der Waals surface area (Å²) in [4.78, 5) is 22.2. The minimum Gasteiger partial charge on any atom is -0.455 e. The van der Waals surface area contributed by atoms with E-state index in [4.69, 9.17) is 9.73 Å². The molecule has 1 aromatic heterocycles. The summed E-state index contributed by atoms with van der Waals surface area (Å²) in [6.07, 6.45) is 1.69. The second kappa shape index (κ2) is 9.20. The van der Waals surface area contributed by atoms with Gasteiger partial charge in [0.1, 0.15) is 11.9 Å². The second-order valence-corrected chi connectivity index (χ2v) is 12.8. The molecule has 33 heavy (non-hydrogen) atoms. The monoisotopic (exact) mass is 455 g/mol. The summed E-state index contributed by atoms with van der Waals surface area (Å²) in [5.41, 5.74) is 5.20. The molecular weight excluding hydrogens is 426 g/mol. The summed E-state index contributed by atoms with van der Waals surface area (Å²) in [5, 5.41) is 0. The smallest absolute Gasteiger partial charge is 0.359 e. The van der Waals surface area contributed by atoms with Gasteiger partial charge in [-0.2, -0.15) is 0 Å². The molecule has 3 aromatic rings. The Bertz CT molecular complexity index is 1270. The van der Waals surface area contributed by atoms with Crippen molar-refractivity contribution >= 4 is 20.5 Å². The van der Waals surface area contributed by atoms with Crippen LogP contribution in [0.3, 0.4) is 0 Å². The van der Waals surface area contributed by atoms with Crippen molar-refractivity contribution in [3.8, 4) is 17.5 Å². The van der Waals surface area contributed by atoms with E-state index in [9.17, 15) is 4.79 Å². The number of hydrogen-bond acceptors (Lipinski definition) is 4. The third-order valence-corrected chi connectivity index (χ3v) is 6.17. The molecule has 1 aliphatic rings. The summed E-state index contributed by atoms with van der Waals surface area (Å²) in [6.45, 7) is 10.5. The SMILES string of the molecule is C[SiH](C)CC#Cc1ccc2c(c1)C(c1ccccc1)=NCc1c(C(=O)OC(C)(C)C)ncn1-2. The Morgan fingerprint density at radius 2 is 1.91 bits per heavy atom. The van der Waals surface area contributed by atoms with Crippen molar-refractivity contribution in [1.29, 1.82) is 0 Å². The first-order chi connectivity index (χ1) is 15.7. The maximum absolute atomic E-state index is 12.8. The number of imidazole rings is 1. The molecule has 0 bridgehead atoms. The summed E-state index contributed by atoms with van der Waals surface area (Å²) in [7, 11) is -0.726. The van der Waals surface area contributed by atoms with Gasteiger partial charge in [-0.15, -0.1) is 5.92 Å². The van der Waals surface area contributed by atoms with Crippen LogP contribution in [-0.2, 0) is 11.3 Å². The molecule has 0 saturated carbocycles. The van der Waals surface area contributed by atoms with Gasteiger partial charge in [-0.3, -0.25) is 9.56 Å². The Labute approximate surface area is 197 Å². The maximum atomic E-state index is 12.8. The van der Waals surface area contributed by atoms with Crippen molar-refractivity contribution in [2.24, 2.45) is 4.99 Å². The van der Waals surface area contributed by atoms with Gasteiger partial charge in [0.15, 0.2) is 5.69 Å². The van der Waals surface area contributed by atoms with E-state index in [-0.39, 0.29) is 0 Å². The highest BCUT2D eigenvalue weighted by atomic mass is 28.3. The molecule has 168 valence electrons. The predicted octanol–water partition coefficient (Wildman–Crippen LogP) is 5.02. The van der Waals surface area contributed by atoms with E-state index < -0.39 is 20.4 Å². The Morgan fingerprint density at radius 3 is 2.61 bits per heavy atom. The van der Waals surface area contributed by atoms with Gasteiger partial charge in [0, 0.05) is 31.5 Å². The molecule has 2 aromatic carbocycles. The number of aliphatic imine (C=N–C) groups is 1. The van der Waals surface area contributed by atoms with E-state index in [1.807, 2.05) is 55.7 Å². The predicted molar refractivity (Wildman–Crippen MR) is 135 cm³/mol. The zero-order chi connectivity index (χ0) is 23.6. The normalized spacial score (nSPS) is 12.7. The molecule has 5 nitrogen and oxygen atoms in total. The van der Waals surface area contributed by atoms with Crippen molar-refractivity contribution in [3.63, 3.8) is 0 Å². The number of nitrogens with zero attached hydrogens (tertiary/aromatic N) is 3. The lowest BCUT2D eigenvalue weighted by Crippen LogP contribution is -2.24. The van der Waals surface area contributed by atoms with Crippen LogP contribution in [-0.4, -0.2) is 35.6 Å². The molecule has 2 heterocycles.